The zero-order valence-electron chi connectivity index (χ0n) is 7.08. The van der Waals surface area contributed by atoms with Gasteiger partial charge in [0, 0.05) is 11.1 Å². The predicted molar refractivity (Wildman–Crippen MR) is 49.4 cm³/mol. The van der Waals surface area contributed by atoms with Gasteiger partial charge in [-0.2, -0.15) is 8.78 Å². The SMILES string of the molecule is FC1(F)C=COC1c1ccc(Cl)cc1. The molecule has 0 fully saturated rings. The summed E-state index contributed by atoms with van der Waals surface area (Å²) < 4.78 is 31.1. The van der Waals surface area contributed by atoms with E-state index in [-0.39, 0.29) is 0 Å². The highest BCUT2D eigenvalue weighted by Gasteiger charge is 2.43. The number of hydrogen-bond donors (Lipinski definition) is 0. The van der Waals surface area contributed by atoms with Gasteiger partial charge in [0.25, 0.3) is 0 Å². The second-order valence-electron chi connectivity index (χ2n) is 3.04. The predicted octanol–water partition coefficient (Wildman–Crippen LogP) is 3.56. The molecule has 1 heterocycles. The van der Waals surface area contributed by atoms with E-state index in [1.54, 1.807) is 12.1 Å². The summed E-state index contributed by atoms with van der Waals surface area (Å²) in [6.45, 7) is 0. The van der Waals surface area contributed by atoms with Crippen molar-refractivity contribution in [3.8, 4) is 0 Å². The fourth-order valence-electron chi connectivity index (χ4n) is 1.33. The maximum absolute atomic E-state index is 13.2. The first-order chi connectivity index (χ1) is 6.59. The van der Waals surface area contributed by atoms with Gasteiger partial charge in [0.1, 0.15) is 0 Å². The normalized spacial score (nSPS) is 23.5. The van der Waals surface area contributed by atoms with E-state index in [9.17, 15) is 8.78 Å². The largest absolute Gasteiger partial charge is 0.487 e. The van der Waals surface area contributed by atoms with Crippen molar-refractivity contribution in [3.05, 3.63) is 47.2 Å². The molecule has 4 heteroatoms. The lowest BCUT2D eigenvalue weighted by Crippen LogP contribution is -2.20. The van der Waals surface area contributed by atoms with Crippen molar-refractivity contribution >= 4 is 11.6 Å². The van der Waals surface area contributed by atoms with Gasteiger partial charge in [0.05, 0.1) is 6.26 Å². The first-order valence-electron chi connectivity index (χ1n) is 4.06. The Labute approximate surface area is 84.9 Å². The van der Waals surface area contributed by atoms with E-state index in [0.717, 1.165) is 12.3 Å². The Morgan fingerprint density at radius 1 is 1.21 bits per heavy atom. The van der Waals surface area contributed by atoms with Crippen molar-refractivity contribution in [3.63, 3.8) is 0 Å². The van der Waals surface area contributed by atoms with E-state index in [2.05, 4.69) is 0 Å². The highest BCUT2D eigenvalue weighted by molar-refractivity contribution is 6.30. The summed E-state index contributed by atoms with van der Waals surface area (Å²) in [7, 11) is 0. The van der Waals surface area contributed by atoms with Crippen molar-refractivity contribution < 1.29 is 13.5 Å². The molecular weight excluding hydrogens is 210 g/mol. The maximum Gasteiger partial charge on any atom is 0.309 e. The summed E-state index contributed by atoms with van der Waals surface area (Å²) in [6, 6.07) is 6.20. The van der Waals surface area contributed by atoms with Crippen LogP contribution in [0.2, 0.25) is 5.02 Å². The molecule has 14 heavy (non-hydrogen) atoms. The van der Waals surface area contributed by atoms with Crippen molar-refractivity contribution in [2.45, 2.75) is 12.0 Å². The highest BCUT2D eigenvalue weighted by atomic mass is 35.5. The number of halogens is 3. The lowest BCUT2D eigenvalue weighted by atomic mass is 10.1. The number of benzene rings is 1. The first-order valence-corrected chi connectivity index (χ1v) is 4.44. The van der Waals surface area contributed by atoms with Gasteiger partial charge in [-0.15, -0.1) is 0 Å². The molecule has 1 aliphatic rings. The van der Waals surface area contributed by atoms with E-state index in [0.29, 0.717) is 10.6 Å². The fourth-order valence-corrected chi connectivity index (χ4v) is 1.45. The first kappa shape index (κ1) is 9.46. The Morgan fingerprint density at radius 2 is 1.86 bits per heavy atom. The van der Waals surface area contributed by atoms with Crippen LogP contribution in [0.1, 0.15) is 11.7 Å². The lowest BCUT2D eigenvalue weighted by Gasteiger charge is -2.17. The monoisotopic (exact) mass is 216 g/mol. The molecular formula is C10H7ClF2O. The summed E-state index contributed by atoms with van der Waals surface area (Å²) in [6.07, 6.45) is 0.561. The molecule has 0 aliphatic carbocycles. The minimum absolute atomic E-state index is 0.421. The third-order valence-corrected chi connectivity index (χ3v) is 2.28. The van der Waals surface area contributed by atoms with Crippen molar-refractivity contribution in [1.82, 2.24) is 0 Å². The molecule has 1 aromatic rings. The summed E-state index contributed by atoms with van der Waals surface area (Å²) in [5, 5.41) is 0.517. The minimum atomic E-state index is -2.94. The van der Waals surface area contributed by atoms with Crippen LogP contribution in [0.3, 0.4) is 0 Å². The van der Waals surface area contributed by atoms with Gasteiger partial charge in [0.2, 0.25) is 0 Å². The van der Waals surface area contributed by atoms with E-state index in [1.807, 2.05) is 0 Å². The maximum atomic E-state index is 13.2. The third kappa shape index (κ3) is 1.60. The van der Waals surface area contributed by atoms with Crippen LogP contribution < -0.4 is 0 Å². The quantitative estimate of drug-likeness (QED) is 0.698. The summed E-state index contributed by atoms with van der Waals surface area (Å²) in [5.41, 5.74) is 0.421. The second-order valence-corrected chi connectivity index (χ2v) is 3.48. The average Bonchev–Trinajstić information content (AvgIpc) is 2.47. The van der Waals surface area contributed by atoms with Gasteiger partial charge in [-0.25, -0.2) is 0 Å². The molecule has 0 amide bonds. The van der Waals surface area contributed by atoms with Crippen LogP contribution in [0.15, 0.2) is 36.6 Å². The smallest absolute Gasteiger partial charge is 0.309 e. The second kappa shape index (κ2) is 3.24. The van der Waals surface area contributed by atoms with E-state index in [1.165, 1.54) is 12.1 Å². The molecule has 0 bridgehead atoms. The molecule has 0 aromatic heterocycles. The van der Waals surface area contributed by atoms with Crippen LogP contribution in [0.25, 0.3) is 0 Å². The van der Waals surface area contributed by atoms with Crippen LogP contribution in [0.5, 0.6) is 0 Å². The fraction of sp³-hybridized carbons (Fsp3) is 0.200. The standard InChI is InChI=1S/C10H7ClF2O/c11-8-3-1-7(2-4-8)9-10(12,13)5-6-14-9/h1-6,9H. The molecule has 1 aliphatic heterocycles. The van der Waals surface area contributed by atoms with E-state index in [4.69, 9.17) is 16.3 Å². The van der Waals surface area contributed by atoms with E-state index >= 15 is 0 Å². The van der Waals surface area contributed by atoms with Gasteiger partial charge in [-0.05, 0) is 17.7 Å². The highest BCUT2D eigenvalue weighted by Crippen LogP contribution is 2.40. The van der Waals surface area contributed by atoms with Crippen molar-refractivity contribution in [1.29, 1.82) is 0 Å². The number of ether oxygens (including phenoxy) is 1. The van der Waals surface area contributed by atoms with Crippen molar-refractivity contribution in [2.75, 3.05) is 0 Å². The van der Waals surface area contributed by atoms with Crippen molar-refractivity contribution in [2.24, 2.45) is 0 Å². The van der Waals surface area contributed by atoms with Gasteiger partial charge in [-0.1, -0.05) is 23.7 Å². The number of rotatable bonds is 1. The zero-order chi connectivity index (χ0) is 10.2. The van der Waals surface area contributed by atoms with Crippen LogP contribution in [0.4, 0.5) is 8.78 Å². The van der Waals surface area contributed by atoms with Crippen LogP contribution in [0, 0.1) is 0 Å². The molecule has 1 aromatic carbocycles. The van der Waals surface area contributed by atoms with Crippen LogP contribution in [-0.4, -0.2) is 5.92 Å². The topological polar surface area (TPSA) is 9.23 Å². The summed E-state index contributed by atoms with van der Waals surface area (Å²) in [4.78, 5) is 0. The molecule has 2 rings (SSSR count). The van der Waals surface area contributed by atoms with Gasteiger partial charge >= 0.3 is 5.92 Å². The molecule has 0 saturated carbocycles. The van der Waals surface area contributed by atoms with Gasteiger partial charge in [-0.3, -0.25) is 0 Å². The third-order valence-electron chi connectivity index (χ3n) is 2.03. The summed E-state index contributed by atoms with van der Waals surface area (Å²) in [5.74, 6) is -2.94. The van der Waals surface area contributed by atoms with Crippen LogP contribution >= 0.6 is 11.6 Å². The average molecular weight is 217 g/mol. The Hall–Kier alpha value is -1.09. The zero-order valence-corrected chi connectivity index (χ0v) is 7.84. The molecule has 0 saturated heterocycles. The molecule has 0 N–H and O–H groups in total. The number of hydrogen-bond acceptors (Lipinski definition) is 1. The molecule has 1 atom stereocenters. The number of alkyl halides is 2. The summed E-state index contributed by atoms with van der Waals surface area (Å²) >= 11 is 5.65. The molecule has 1 unspecified atom stereocenters. The lowest BCUT2D eigenvalue weighted by molar-refractivity contribution is -0.0517. The van der Waals surface area contributed by atoms with Crippen LogP contribution in [-0.2, 0) is 4.74 Å². The Bertz CT molecular complexity index is 359. The molecule has 1 nitrogen and oxygen atoms in total. The Kier molecular flexibility index (Phi) is 2.19. The van der Waals surface area contributed by atoms with Gasteiger partial charge in [0.15, 0.2) is 6.10 Å². The van der Waals surface area contributed by atoms with Gasteiger partial charge < -0.3 is 4.74 Å². The molecule has 74 valence electrons. The van der Waals surface area contributed by atoms with E-state index < -0.39 is 12.0 Å². The minimum Gasteiger partial charge on any atom is -0.487 e. The molecule has 0 radical (unpaired) electrons. The Balaban J connectivity index is 2.28. The molecule has 0 spiro atoms. The Morgan fingerprint density at radius 3 is 2.36 bits per heavy atom.